The van der Waals surface area contributed by atoms with Crippen LogP contribution in [0.3, 0.4) is 0 Å². The molecule has 1 amide bonds. The van der Waals surface area contributed by atoms with Crippen molar-refractivity contribution in [2.75, 3.05) is 19.8 Å². The van der Waals surface area contributed by atoms with Crippen LogP contribution in [0.1, 0.15) is 126 Å². The number of cyclic esters (lactones) is 1. The van der Waals surface area contributed by atoms with E-state index in [0.717, 1.165) is 4.90 Å². The number of esters is 1. The van der Waals surface area contributed by atoms with Crippen molar-refractivity contribution in [3.63, 3.8) is 0 Å². The number of aliphatic hydroxyl groups is 6. The average molecular weight is 900 g/mol. The molecule has 360 valence electrons. The molecule has 1 saturated carbocycles. The Hall–Kier alpha value is -3.37. The highest BCUT2D eigenvalue weighted by Gasteiger charge is 2.53. The van der Waals surface area contributed by atoms with Gasteiger partial charge in [0.1, 0.15) is 17.9 Å². The molecule has 0 aromatic carbocycles. The highest BCUT2D eigenvalue weighted by atomic mass is 16.6. The molecule has 14 nitrogen and oxygen atoms in total. The zero-order valence-electron chi connectivity index (χ0n) is 39.1. The van der Waals surface area contributed by atoms with E-state index in [4.69, 9.17) is 9.47 Å². The van der Waals surface area contributed by atoms with Gasteiger partial charge in [0.15, 0.2) is 5.78 Å². The molecule has 3 heterocycles. The number of ketones is 3. The number of rotatable bonds is 5. The van der Waals surface area contributed by atoms with Crippen molar-refractivity contribution in [3.05, 3.63) is 47.6 Å². The van der Waals surface area contributed by atoms with Gasteiger partial charge in [0.2, 0.25) is 5.79 Å². The van der Waals surface area contributed by atoms with Gasteiger partial charge in [0, 0.05) is 49.7 Å². The molecule has 0 radical (unpaired) electrons. The minimum absolute atomic E-state index is 0.0332. The molecule has 64 heavy (non-hydrogen) atoms. The summed E-state index contributed by atoms with van der Waals surface area (Å²) in [5.41, 5.74) is 0.873. The topological polar surface area (TPSA) is 228 Å². The Bertz CT molecular complexity index is 1740. The fourth-order valence-electron chi connectivity index (χ4n) is 10.1. The molecule has 15 atom stereocenters. The van der Waals surface area contributed by atoms with E-state index in [9.17, 15) is 54.6 Å². The third-order valence-electron chi connectivity index (χ3n) is 14.5. The SMILES string of the molecule is CC1=CC=CC=C[C@@H](C)C[C@@H](C)C(=O)[C@H](CO)[C@H](O)C(C)/C=C(\C)C(=O)C[C@@H]([C@H](C)C[C@@H]2CC[C@@H](O)[C@H](CO)C2)OC(=O)[C@@H]2CCCCN2C(=O)C(=O)[C@]2(O)O[C@@H](CC[C@H]2C)CC1O. The molecule has 2 bridgehead atoms. The summed E-state index contributed by atoms with van der Waals surface area (Å²) in [6, 6.07) is -1.18. The average Bonchev–Trinajstić information content (AvgIpc) is 3.26. The maximum Gasteiger partial charge on any atom is 0.329 e. The van der Waals surface area contributed by atoms with Crippen molar-refractivity contribution in [1.29, 1.82) is 0 Å². The van der Waals surface area contributed by atoms with E-state index < -0.39 is 96.2 Å². The predicted molar refractivity (Wildman–Crippen MR) is 240 cm³/mol. The van der Waals surface area contributed by atoms with Crippen molar-refractivity contribution in [1.82, 2.24) is 4.90 Å². The Kier molecular flexibility index (Phi) is 20.3. The molecule has 3 fully saturated rings. The maximum atomic E-state index is 14.3. The van der Waals surface area contributed by atoms with Gasteiger partial charge < -0.3 is 45.0 Å². The summed E-state index contributed by atoms with van der Waals surface area (Å²) in [4.78, 5) is 71.3. The predicted octanol–water partition coefficient (Wildman–Crippen LogP) is 4.71. The molecule has 6 N–H and O–H groups in total. The summed E-state index contributed by atoms with van der Waals surface area (Å²) in [5, 5.41) is 64.9. The van der Waals surface area contributed by atoms with Crippen molar-refractivity contribution < 1.29 is 64.1 Å². The van der Waals surface area contributed by atoms with Gasteiger partial charge in [-0.2, -0.15) is 0 Å². The van der Waals surface area contributed by atoms with Gasteiger partial charge in [-0.3, -0.25) is 19.2 Å². The fraction of sp³-hybridized carbons (Fsp3) is 0.740. The maximum absolute atomic E-state index is 14.3. The molecule has 1 aliphatic carbocycles. The van der Waals surface area contributed by atoms with Crippen LogP contribution >= 0.6 is 0 Å². The minimum atomic E-state index is -2.50. The van der Waals surface area contributed by atoms with Gasteiger partial charge in [0.05, 0.1) is 36.9 Å². The first-order chi connectivity index (χ1) is 30.2. The monoisotopic (exact) mass is 900 g/mol. The number of carbonyl (C=O) groups excluding carboxylic acids is 5. The van der Waals surface area contributed by atoms with Gasteiger partial charge in [-0.05, 0) is 107 Å². The number of aliphatic hydroxyl groups excluding tert-OH is 5. The quantitative estimate of drug-likeness (QED) is 0.163. The van der Waals surface area contributed by atoms with Crippen LogP contribution < -0.4 is 0 Å². The normalized spacial score (nSPS) is 39.0. The number of carbonyl (C=O) groups is 5. The second-order valence-electron chi connectivity index (χ2n) is 19.7. The van der Waals surface area contributed by atoms with Gasteiger partial charge >= 0.3 is 5.97 Å². The van der Waals surface area contributed by atoms with Crippen molar-refractivity contribution in [3.8, 4) is 0 Å². The number of allylic oxidation sites excluding steroid dienone is 6. The lowest BCUT2D eigenvalue weighted by Gasteiger charge is -2.42. The lowest BCUT2D eigenvalue weighted by Crippen LogP contribution is -2.61. The van der Waals surface area contributed by atoms with Gasteiger partial charge in [-0.15, -0.1) is 0 Å². The standard InChI is InChI=1S/C50H77NO13/c1-29-13-9-8-10-14-30(2)42(55)25-38-18-16-35(7)50(62,64-38)47(59)48(60)51-20-12-11-15-40(51)49(61)63-44(32(4)23-36-17-19-41(54)37(24-36)27-52)26-43(56)31(3)22-34(6)46(58)39(28-53)45(57)33(5)21-29/h8-10,13-14,22,29,32-42,44,46,52-55,58,62H,11-12,15-21,23-28H2,1-7H3/b10-8?,13-9?,30-14?,31-22+/t29-,32-,33-,34?,35-,36+,37+,38+,39+,40+,41-,42?,44+,46-,50-/m1/s1. The summed E-state index contributed by atoms with van der Waals surface area (Å²) in [5.74, 6) is -9.97. The summed E-state index contributed by atoms with van der Waals surface area (Å²) < 4.78 is 12.2. The van der Waals surface area contributed by atoms with Crippen LogP contribution in [-0.2, 0) is 33.4 Å². The van der Waals surface area contributed by atoms with Crippen LogP contribution in [0.4, 0.5) is 0 Å². The van der Waals surface area contributed by atoms with Crippen LogP contribution in [0.5, 0.6) is 0 Å². The molecule has 4 rings (SSSR count). The first-order valence-electron chi connectivity index (χ1n) is 23.7. The number of Topliss-reactive ketones (excluding diaryl/α,β-unsaturated/α-hetero) is 3. The van der Waals surface area contributed by atoms with E-state index in [-0.39, 0.29) is 67.3 Å². The molecular weight excluding hydrogens is 823 g/mol. The van der Waals surface area contributed by atoms with E-state index in [0.29, 0.717) is 63.4 Å². The molecule has 2 unspecified atom stereocenters. The second kappa shape index (κ2) is 24.4. The molecular formula is C50H77NO13. The Balaban J connectivity index is 1.69. The highest BCUT2D eigenvalue weighted by molar-refractivity contribution is 6.39. The zero-order valence-corrected chi connectivity index (χ0v) is 39.1. The molecule has 0 aromatic rings. The summed E-state index contributed by atoms with van der Waals surface area (Å²) in [6.07, 6.45) is 10.5. The Morgan fingerprint density at radius 1 is 0.859 bits per heavy atom. The molecule has 2 saturated heterocycles. The molecule has 0 aromatic heterocycles. The number of piperidine rings is 1. The first kappa shape index (κ1) is 53.2. The lowest BCUT2D eigenvalue weighted by atomic mass is 9.75. The molecule has 4 aliphatic rings. The number of hydrogen-bond acceptors (Lipinski definition) is 13. The summed E-state index contributed by atoms with van der Waals surface area (Å²) in [6.45, 7) is 11.5. The van der Waals surface area contributed by atoms with Gasteiger partial charge in [-0.1, -0.05) is 71.1 Å². The molecule has 14 heteroatoms. The number of hydrogen-bond donors (Lipinski definition) is 6. The number of fused-ring (bicyclic) bond motifs is 3. The lowest BCUT2D eigenvalue weighted by molar-refractivity contribution is -0.265. The largest absolute Gasteiger partial charge is 0.460 e. The minimum Gasteiger partial charge on any atom is -0.460 e. The second-order valence-corrected chi connectivity index (χ2v) is 19.7. The smallest absolute Gasteiger partial charge is 0.329 e. The molecule has 0 spiro atoms. The Labute approximate surface area is 379 Å². The third-order valence-corrected chi connectivity index (χ3v) is 14.5. The van der Waals surface area contributed by atoms with Crippen LogP contribution in [0.25, 0.3) is 0 Å². The third kappa shape index (κ3) is 13.8. The number of amides is 1. The van der Waals surface area contributed by atoms with Crippen LogP contribution in [-0.4, -0.2) is 127 Å². The van der Waals surface area contributed by atoms with Crippen LogP contribution in [0.2, 0.25) is 0 Å². The van der Waals surface area contributed by atoms with Crippen LogP contribution in [0.15, 0.2) is 47.6 Å². The first-order valence-corrected chi connectivity index (χ1v) is 23.7. The van der Waals surface area contributed by atoms with E-state index in [1.54, 1.807) is 58.9 Å². The Morgan fingerprint density at radius 2 is 1.58 bits per heavy atom. The van der Waals surface area contributed by atoms with Crippen molar-refractivity contribution in [2.24, 2.45) is 47.3 Å². The summed E-state index contributed by atoms with van der Waals surface area (Å²) >= 11 is 0. The summed E-state index contributed by atoms with van der Waals surface area (Å²) in [7, 11) is 0. The van der Waals surface area contributed by atoms with Gasteiger partial charge in [-0.25, -0.2) is 4.79 Å². The van der Waals surface area contributed by atoms with E-state index in [1.807, 2.05) is 26.0 Å². The van der Waals surface area contributed by atoms with Crippen LogP contribution in [0, 0.1) is 47.3 Å². The van der Waals surface area contributed by atoms with Gasteiger partial charge in [0.25, 0.3) is 11.7 Å². The fourth-order valence-corrected chi connectivity index (χ4v) is 10.1. The molecule has 3 aliphatic heterocycles. The van der Waals surface area contributed by atoms with E-state index in [1.165, 1.54) is 0 Å². The van der Waals surface area contributed by atoms with Crippen molar-refractivity contribution in [2.45, 2.75) is 168 Å². The number of nitrogens with zero attached hydrogens (tertiary/aromatic N) is 1. The zero-order chi connectivity index (χ0) is 47.5. The number of ether oxygens (including phenoxy) is 2. The van der Waals surface area contributed by atoms with E-state index in [2.05, 4.69) is 0 Å². The van der Waals surface area contributed by atoms with E-state index >= 15 is 0 Å². The highest BCUT2D eigenvalue weighted by Crippen LogP contribution is 2.38. The Morgan fingerprint density at radius 3 is 2.27 bits per heavy atom. The van der Waals surface area contributed by atoms with Crippen molar-refractivity contribution >= 4 is 29.2 Å².